The van der Waals surface area contributed by atoms with Gasteiger partial charge in [0.15, 0.2) is 0 Å². The molecule has 1 saturated heterocycles. The number of anilines is 1. The smallest absolute Gasteiger partial charge is 0.218 e. The molecule has 128 valence electrons. The summed E-state index contributed by atoms with van der Waals surface area (Å²) in [5, 5.41) is 0.799. The maximum absolute atomic E-state index is 12.6. The highest BCUT2D eigenvalue weighted by Gasteiger charge is 2.25. The van der Waals surface area contributed by atoms with E-state index in [9.17, 15) is 4.79 Å². The Labute approximate surface area is 148 Å². The number of Topliss-reactive ketones (excluding diaryl/α,β-unsaturated/α-hetero) is 1. The first-order chi connectivity index (χ1) is 11.5. The second-order valence-electron chi connectivity index (χ2n) is 6.63. The molecule has 0 amide bonds. The van der Waals surface area contributed by atoms with E-state index in [1.165, 1.54) is 4.90 Å². The number of hydrogen-bond acceptors (Lipinski definition) is 2. The molecule has 2 aromatic rings. The third-order valence-corrected chi connectivity index (χ3v) is 5.47. The number of hydrogen-bond donors (Lipinski definition) is 1. The molecule has 0 spiro atoms. The number of ketones is 1. The molecule has 1 N–H and O–H groups in total. The number of carbonyl (C=O) groups excluding carboxylic acids is 1. The Bertz CT molecular complexity index is 745. The molecule has 1 aromatic carbocycles. The number of aromatic nitrogens is 1. The number of carbonyl (C=O) groups is 1. The lowest BCUT2D eigenvalue weighted by Gasteiger charge is -2.33. The van der Waals surface area contributed by atoms with Crippen LogP contribution in [0.4, 0.5) is 5.69 Å². The summed E-state index contributed by atoms with van der Waals surface area (Å²) < 4.78 is 2.08. The molecule has 0 radical (unpaired) electrons. The van der Waals surface area contributed by atoms with Crippen LogP contribution in [0.15, 0.2) is 30.3 Å². The van der Waals surface area contributed by atoms with Crippen LogP contribution in [0.25, 0.3) is 0 Å². The molecule has 24 heavy (non-hydrogen) atoms. The molecule has 1 aliphatic rings. The van der Waals surface area contributed by atoms with Crippen molar-refractivity contribution in [1.82, 2.24) is 4.57 Å². The SMILES string of the molecule is Cc1cc(C(=O)C[NH+]2CCN(c3ccccc3Cl)CC2)c(C)n1C. The van der Waals surface area contributed by atoms with Crippen molar-refractivity contribution in [2.75, 3.05) is 37.6 Å². The fourth-order valence-electron chi connectivity index (χ4n) is 3.41. The lowest BCUT2D eigenvalue weighted by atomic mass is 10.1. The van der Waals surface area contributed by atoms with Gasteiger partial charge in [0.2, 0.25) is 5.78 Å². The van der Waals surface area contributed by atoms with E-state index in [-0.39, 0.29) is 5.78 Å². The van der Waals surface area contributed by atoms with Gasteiger partial charge in [-0.2, -0.15) is 0 Å². The summed E-state index contributed by atoms with van der Waals surface area (Å²) in [6.07, 6.45) is 0. The number of piperazine rings is 1. The van der Waals surface area contributed by atoms with Crippen LogP contribution >= 0.6 is 11.6 Å². The number of nitrogens with one attached hydrogen (secondary N) is 1. The average Bonchev–Trinajstić information content (AvgIpc) is 2.84. The van der Waals surface area contributed by atoms with Crippen molar-refractivity contribution >= 4 is 23.1 Å². The summed E-state index contributed by atoms with van der Waals surface area (Å²) in [5.74, 6) is 0.248. The van der Waals surface area contributed by atoms with Gasteiger partial charge in [-0.05, 0) is 32.0 Å². The van der Waals surface area contributed by atoms with Crippen molar-refractivity contribution in [3.05, 3.63) is 52.3 Å². The Kier molecular flexibility index (Phi) is 4.97. The van der Waals surface area contributed by atoms with Gasteiger partial charge in [-0.1, -0.05) is 23.7 Å². The fourth-order valence-corrected chi connectivity index (χ4v) is 3.66. The Hall–Kier alpha value is -1.78. The molecule has 3 rings (SSSR count). The van der Waals surface area contributed by atoms with Crippen molar-refractivity contribution in [2.45, 2.75) is 13.8 Å². The number of para-hydroxylation sites is 1. The van der Waals surface area contributed by atoms with Crippen LogP contribution in [-0.4, -0.2) is 43.1 Å². The largest absolute Gasteiger partial charge is 0.359 e. The van der Waals surface area contributed by atoms with Gasteiger partial charge in [0.1, 0.15) is 6.54 Å². The van der Waals surface area contributed by atoms with E-state index in [0.29, 0.717) is 6.54 Å². The molecule has 1 aliphatic heterocycles. The van der Waals surface area contributed by atoms with Gasteiger partial charge in [0, 0.05) is 24.0 Å². The number of halogens is 1. The third-order valence-electron chi connectivity index (χ3n) is 5.15. The van der Waals surface area contributed by atoms with Crippen LogP contribution in [0, 0.1) is 13.8 Å². The van der Waals surface area contributed by atoms with Gasteiger partial charge in [0.05, 0.1) is 36.9 Å². The lowest BCUT2D eigenvalue weighted by Crippen LogP contribution is -3.15. The minimum Gasteiger partial charge on any atom is -0.359 e. The van der Waals surface area contributed by atoms with Crippen molar-refractivity contribution in [2.24, 2.45) is 7.05 Å². The van der Waals surface area contributed by atoms with Gasteiger partial charge in [-0.15, -0.1) is 0 Å². The van der Waals surface area contributed by atoms with Crippen LogP contribution in [0.5, 0.6) is 0 Å². The minimum absolute atomic E-state index is 0.248. The number of rotatable bonds is 4. The first-order valence-electron chi connectivity index (χ1n) is 8.46. The highest BCUT2D eigenvalue weighted by Crippen LogP contribution is 2.24. The topological polar surface area (TPSA) is 29.7 Å². The van der Waals surface area contributed by atoms with Crippen LogP contribution in [-0.2, 0) is 7.05 Å². The number of aryl methyl sites for hydroxylation is 1. The molecule has 0 bridgehead atoms. The highest BCUT2D eigenvalue weighted by molar-refractivity contribution is 6.33. The zero-order chi connectivity index (χ0) is 17.3. The quantitative estimate of drug-likeness (QED) is 0.857. The molecular formula is C19H25ClN3O+. The number of quaternary nitrogens is 1. The summed E-state index contributed by atoms with van der Waals surface area (Å²) in [7, 11) is 2.01. The summed E-state index contributed by atoms with van der Waals surface area (Å²) in [5.41, 5.74) is 4.16. The molecule has 0 atom stereocenters. The Morgan fingerprint density at radius 2 is 1.88 bits per heavy atom. The third kappa shape index (κ3) is 3.35. The molecule has 5 heteroatoms. The summed E-state index contributed by atoms with van der Waals surface area (Å²) in [6.45, 7) is 8.41. The average molecular weight is 347 g/mol. The Balaban J connectivity index is 1.60. The van der Waals surface area contributed by atoms with Gasteiger partial charge in [-0.3, -0.25) is 4.79 Å². The number of benzene rings is 1. The van der Waals surface area contributed by atoms with Crippen LogP contribution in [0.3, 0.4) is 0 Å². The van der Waals surface area contributed by atoms with E-state index < -0.39 is 0 Å². The zero-order valence-corrected chi connectivity index (χ0v) is 15.4. The summed E-state index contributed by atoms with van der Waals surface area (Å²) >= 11 is 6.29. The van der Waals surface area contributed by atoms with Crippen LogP contribution in [0.1, 0.15) is 21.7 Å². The molecule has 0 aliphatic carbocycles. The van der Waals surface area contributed by atoms with Crippen molar-refractivity contribution in [1.29, 1.82) is 0 Å². The summed E-state index contributed by atoms with van der Waals surface area (Å²) in [6, 6.07) is 9.98. The van der Waals surface area contributed by atoms with E-state index in [1.807, 2.05) is 45.2 Å². The maximum atomic E-state index is 12.6. The fraction of sp³-hybridized carbons (Fsp3) is 0.421. The van der Waals surface area contributed by atoms with E-state index >= 15 is 0 Å². The molecule has 1 aromatic heterocycles. The second kappa shape index (κ2) is 6.99. The highest BCUT2D eigenvalue weighted by atomic mass is 35.5. The van der Waals surface area contributed by atoms with Gasteiger partial charge in [0.25, 0.3) is 0 Å². The Morgan fingerprint density at radius 3 is 2.46 bits per heavy atom. The van der Waals surface area contributed by atoms with Gasteiger partial charge in [-0.25, -0.2) is 0 Å². The molecule has 4 nitrogen and oxygen atoms in total. The van der Waals surface area contributed by atoms with Crippen molar-refractivity contribution < 1.29 is 9.69 Å². The second-order valence-corrected chi connectivity index (χ2v) is 7.04. The molecule has 0 saturated carbocycles. The van der Waals surface area contributed by atoms with Crippen LogP contribution < -0.4 is 9.80 Å². The monoisotopic (exact) mass is 346 g/mol. The molecule has 0 unspecified atom stereocenters. The van der Waals surface area contributed by atoms with E-state index in [2.05, 4.69) is 15.5 Å². The predicted molar refractivity (Wildman–Crippen MR) is 98.4 cm³/mol. The lowest BCUT2D eigenvalue weighted by molar-refractivity contribution is -0.892. The van der Waals surface area contributed by atoms with E-state index in [1.54, 1.807) is 0 Å². The normalized spacial score (nSPS) is 15.8. The minimum atomic E-state index is 0.248. The zero-order valence-electron chi connectivity index (χ0n) is 14.6. The first kappa shape index (κ1) is 17.1. The molecule has 2 heterocycles. The molecular weight excluding hydrogens is 322 g/mol. The van der Waals surface area contributed by atoms with E-state index in [4.69, 9.17) is 11.6 Å². The number of nitrogens with zero attached hydrogens (tertiary/aromatic N) is 2. The van der Waals surface area contributed by atoms with E-state index in [0.717, 1.165) is 53.8 Å². The van der Waals surface area contributed by atoms with Gasteiger partial charge >= 0.3 is 0 Å². The van der Waals surface area contributed by atoms with Crippen LogP contribution in [0.2, 0.25) is 5.02 Å². The van der Waals surface area contributed by atoms with Gasteiger partial charge < -0.3 is 14.4 Å². The molecule has 1 fully saturated rings. The first-order valence-corrected chi connectivity index (χ1v) is 8.84. The van der Waals surface area contributed by atoms with Crippen molar-refractivity contribution in [3.63, 3.8) is 0 Å². The maximum Gasteiger partial charge on any atom is 0.218 e. The standard InChI is InChI=1S/C19H24ClN3O/c1-14-12-16(15(2)21(14)3)19(24)13-22-8-10-23(11-9-22)18-7-5-4-6-17(18)20/h4-7,12H,8-11,13H2,1-3H3/p+1. The summed E-state index contributed by atoms with van der Waals surface area (Å²) in [4.78, 5) is 16.3. The van der Waals surface area contributed by atoms with Crippen molar-refractivity contribution in [3.8, 4) is 0 Å². The Morgan fingerprint density at radius 1 is 1.21 bits per heavy atom. The predicted octanol–water partition coefficient (Wildman–Crippen LogP) is 1.88.